The van der Waals surface area contributed by atoms with Crippen LogP contribution in [0.2, 0.25) is 0 Å². The van der Waals surface area contributed by atoms with Gasteiger partial charge in [0.05, 0.1) is 16.7 Å². The molecule has 0 spiro atoms. The molecule has 0 bridgehead atoms. The van der Waals surface area contributed by atoms with E-state index in [1.165, 1.54) is 36.4 Å². The van der Waals surface area contributed by atoms with Crippen molar-refractivity contribution in [1.29, 1.82) is 0 Å². The third kappa shape index (κ3) is 7.55. The van der Waals surface area contributed by atoms with Gasteiger partial charge in [-0.25, -0.2) is 28.0 Å². The molecule has 1 aromatic heterocycles. The number of aromatic nitrogens is 2. The Bertz CT molecular complexity index is 2190. The highest BCUT2D eigenvalue weighted by molar-refractivity contribution is 5.95. The second kappa shape index (κ2) is 14.9. The summed E-state index contributed by atoms with van der Waals surface area (Å²) in [4.78, 5) is 79.8. The van der Waals surface area contributed by atoms with Gasteiger partial charge in [-0.1, -0.05) is 36.4 Å². The Hall–Kier alpha value is -6.54. The third-order valence-electron chi connectivity index (χ3n) is 7.83. The van der Waals surface area contributed by atoms with Gasteiger partial charge in [0.1, 0.15) is 24.3 Å². The van der Waals surface area contributed by atoms with Crippen LogP contribution in [0, 0.1) is 11.6 Å². The van der Waals surface area contributed by atoms with E-state index in [0.717, 1.165) is 53.2 Å². The minimum Gasteiger partial charge on any atom is -0.459 e. The van der Waals surface area contributed by atoms with Gasteiger partial charge in [0.25, 0.3) is 11.5 Å². The molecule has 0 saturated carbocycles. The Labute approximate surface area is 287 Å². The molecule has 6 rings (SSSR count). The molecular weight excluding hydrogens is 670 g/mol. The van der Waals surface area contributed by atoms with E-state index in [9.17, 15) is 37.5 Å². The van der Waals surface area contributed by atoms with Crippen molar-refractivity contribution >= 4 is 23.8 Å². The summed E-state index contributed by atoms with van der Waals surface area (Å²) >= 11 is 0. The average Bonchev–Trinajstić information content (AvgIpc) is 3.47. The maximum atomic E-state index is 13.9. The van der Waals surface area contributed by atoms with Gasteiger partial charge < -0.3 is 18.9 Å². The van der Waals surface area contributed by atoms with Gasteiger partial charge in [-0.3, -0.25) is 14.2 Å². The smallest absolute Gasteiger partial charge is 0.340 e. The lowest BCUT2D eigenvalue weighted by Gasteiger charge is -2.25. The molecule has 1 aliphatic heterocycles. The lowest BCUT2D eigenvalue weighted by molar-refractivity contribution is -0.0643. The maximum Gasteiger partial charge on any atom is 0.340 e. The fraction of sp³-hybridized carbons (Fsp3) is 0.135. The molecule has 12 nitrogen and oxygen atoms in total. The summed E-state index contributed by atoms with van der Waals surface area (Å²) in [6, 6.07) is 25.0. The second-order valence-electron chi connectivity index (χ2n) is 11.1. The van der Waals surface area contributed by atoms with Gasteiger partial charge in [-0.2, -0.15) is 4.57 Å². The summed E-state index contributed by atoms with van der Waals surface area (Å²) in [5, 5.41) is 0. The van der Waals surface area contributed by atoms with Crippen LogP contribution in [0.3, 0.4) is 0 Å². The molecule has 4 atom stereocenters. The number of halogens is 2. The molecule has 258 valence electrons. The number of benzene rings is 4. The topological polar surface area (TPSA) is 149 Å². The lowest BCUT2D eigenvalue weighted by Crippen LogP contribution is -2.47. The number of hydrogen-bond acceptors (Lipinski definition) is 10. The summed E-state index contributed by atoms with van der Waals surface area (Å²) < 4.78 is 51.3. The van der Waals surface area contributed by atoms with Crippen molar-refractivity contribution in [3.8, 4) is 0 Å². The Morgan fingerprint density at radius 1 is 0.608 bits per heavy atom. The molecule has 0 aliphatic carbocycles. The molecule has 14 heteroatoms. The number of carbonyl (C=O) groups is 4. The van der Waals surface area contributed by atoms with Crippen LogP contribution in [-0.4, -0.2) is 57.9 Å². The molecule has 1 fully saturated rings. The van der Waals surface area contributed by atoms with E-state index in [1.54, 1.807) is 36.4 Å². The first-order valence-electron chi connectivity index (χ1n) is 15.4. The SMILES string of the molecule is O=C(OC[C@@H]1O[C@H](n2ccc(=O)n(C(=O)c3ccc(F)cc3)c2=O)[C@@H](OC(=O)c2ccccc2)[C@@H]1OC(=O)c1ccccc1)c1ccc(F)cc1. The van der Waals surface area contributed by atoms with Gasteiger partial charge >= 0.3 is 23.6 Å². The van der Waals surface area contributed by atoms with Gasteiger partial charge in [-0.05, 0) is 72.8 Å². The van der Waals surface area contributed by atoms with Crippen LogP contribution in [-0.2, 0) is 18.9 Å². The fourth-order valence-electron chi connectivity index (χ4n) is 5.29. The standard InChI is InChI=1S/C37H26F2N2O10/c38-26-15-11-22(12-16-26)32(43)41-29(42)19-20-40(37(41)47)33-31(51-36(46)24-9-5-2-6-10-24)30(50-35(45)23-7-3-1-4-8-23)28(49-33)21-48-34(44)25-13-17-27(39)18-14-25/h1-20,28,30-31,33H,21H2/t28-,30+,31-,33-/m0/s1. The van der Waals surface area contributed by atoms with E-state index in [-0.39, 0.29) is 26.8 Å². The first kappa shape index (κ1) is 34.3. The number of hydrogen-bond donors (Lipinski definition) is 0. The maximum absolute atomic E-state index is 13.9. The molecular formula is C37H26F2N2O10. The minimum absolute atomic E-state index is 0.0153. The number of esters is 3. The van der Waals surface area contributed by atoms with Crippen molar-refractivity contribution in [2.24, 2.45) is 0 Å². The number of ether oxygens (including phenoxy) is 4. The van der Waals surface area contributed by atoms with Crippen LogP contribution in [0.4, 0.5) is 8.78 Å². The Kier molecular flexibility index (Phi) is 10.0. The third-order valence-corrected chi connectivity index (χ3v) is 7.83. The monoisotopic (exact) mass is 696 g/mol. The van der Waals surface area contributed by atoms with E-state index in [1.807, 2.05) is 0 Å². The number of nitrogens with zero attached hydrogens (tertiary/aromatic N) is 2. The molecule has 4 aromatic carbocycles. The predicted molar refractivity (Wildman–Crippen MR) is 173 cm³/mol. The zero-order chi connectivity index (χ0) is 36.1. The molecule has 0 radical (unpaired) electrons. The quantitative estimate of drug-likeness (QED) is 0.162. The van der Waals surface area contributed by atoms with Crippen molar-refractivity contribution in [1.82, 2.24) is 9.13 Å². The van der Waals surface area contributed by atoms with E-state index >= 15 is 0 Å². The Balaban J connectivity index is 1.41. The first-order valence-corrected chi connectivity index (χ1v) is 15.4. The van der Waals surface area contributed by atoms with Crippen LogP contribution < -0.4 is 11.2 Å². The van der Waals surface area contributed by atoms with E-state index in [2.05, 4.69) is 0 Å². The highest BCUT2D eigenvalue weighted by Crippen LogP contribution is 2.35. The summed E-state index contributed by atoms with van der Waals surface area (Å²) in [6.07, 6.45) is -5.25. The van der Waals surface area contributed by atoms with Gasteiger partial charge in [0, 0.05) is 17.8 Å². The van der Waals surface area contributed by atoms with Gasteiger partial charge in [0.2, 0.25) is 0 Å². The lowest BCUT2D eigenvalue weighted by atomic mass is 10.1. The zero-order valence-electron chi connectivity index (χ0n) is 26.3. The Morgan fingerprint density at radius 3 is 1.65 bits per heavy atom. The zero-order valence-corrected chi connectivity index (χ0v) is 26.3. The molecule has 2 heterocycles. The van der Waals surface area contributed by atoms with E-state index in [0.29, 0.717) is 0 Å². The summed E-state index contributed by atoms with van der Waals surface area (Å²) in [5.41, 5.74) is -2.28. The van der Waals surface area contributed by atoms with Crippen LogP contribution in [0.15, 0.2) is 131 Å². The minimum atomic E-state index is -1.67. The number of rotatable bonds is 9. The van der Waals surface area contributed by atoms with Crippen LogP contribution >= 0.6 is 0 Å². The normalized spacial score (nSPS) is 18.1. The Morgan fingerprint density at radius 2 is 1.10 bits per heavy atom. The molecule has 5 aromatic rings. The summed E-state index contributed by atoms with van der Waals surface area (Å²) in [7, 11) is 0. The molecule has 51 heavy (non-hydrogen) atoms. The second-order valence-corrected chi connectivity index (χ2v) is 11.1. The largest absolute Gasteiger partial charge is 0.459 e. The molecule has 1 aliphatic rings. The van der Waals surface area contributed by atoms with Crippen LogP contribution in [0.5, 0.6) is 0 Å². The van der Waals surface area contributed by atoms with E-state index in [4.69, 9.17) is 18.9 Å². The van der Waals surface area contributed by atoms with Crippen LogP contribution in [0.1, 0.15) is 47.7 Å². The average molecular weight is 697 g/mol. The van der Waals surface area contributed by atoms with Crippen molar-refractivity contribution in [2.45, 2.75) is 24.5 Å². The van der Waals surface area contributed by atoms with Crippen molar-refractivity contribution < 1.29 is 46.9 Å². The number of carbonyl (C=O) groups excluding carboxylic acids is 4. The highest BCUT2D eigenvalue weighted by atomic mass is 19.1. The highest BCUT2D eigenvalue weighted by Gasteiger charge is 2.52. The summed E-state index contributed by atoms with van der Waals surface area (Å²) in [5.74, 6) is -5.04. The molecule has 0 unspecified atom stereocenters. The van der Waals surface area contributed by atoms with E-state index < -0.39 is 77.8 Å². The summed E-state index contributed by atoms with van der Waals surface area (Å²) in [6.45, 7) is -0.623. The van der Waals surface area contributed by atoms with Crippen molar-refractivity contribution in [3.05, 3.63) is 176 Å². The predicted octanol–water partition coefficient (Wildman–Crippen LogP) is 4.18. The molecule has 0 amide bonds. The first-order chi connectivity index (χ1) is 24.6. The van der Waals surface area contributed by atoms with Gasteiger partial charge in [0.15, 0.2) is 18.4 Å². The van der Waals surface area contributed by atoms with Gasteiger partial charge in [-0.15, -0.1) is 0 Å². The molecule has 0 N–H and O–H groups in total. The molecule has 1 saturated heterocycles. The fourth-order valence-corrected chi connectivity index (χ4v) is 5.29. The van der Waals surface area contributed by atoms with Crippen molar-refractivity contribution in [3.63, 3.8) is 0 Å². The van der Waals surface area contributed by atoms with Crippen LogP contribution in [0.25, 0.3) is 0 Å². The van der Waals surface area contributed by atoms with Crippen molar-refractivity contribution in [2.75, 3.05) is 6.61 Å².